The molecule has 4 rings (SSSR count). The van der Waals surface area contributed by atoms with E-state index in [-0.39, 0.29) is 16.8 Å². The SMILES string of the molecule is Cc1nn(Cc2ccc(Cl)cc2)c2sc(C(=O)N[C@H](C)c3ccc(S(C)(=O)=O)cc3)cc12. The van der Waals surface area contributed by atoms with Crippen LogP contribution in [-0.2, 0) is 16.4 Å². The quantitative estimate of drug-likeness (QED) is 0.415. The number of amides is 1. The maximum Gasteiger partial charge on any atom is 0.261 e. The number of carbonyl (C=O) groups excluding carboxylic acids is 1. The fourth-order valence-corrected chi connectivity index (χ4v) is 5.27. The summed E-state index contributed by atoms with van der Waals surface area (Å²) in [4.78, 5) is 14.7. The highest BCUT2D eigenvalue weighted by molar-refractivity contribution is 7.90. The zero-order valence-corrected chi connectivity index (χ0v) is 20.2. The summed E-state index contributed by atoms with van der Waals surface area (Å²) >= 11 is 7.38. The second-order valence-electron chi connectivity index (χ2n) is 7.74. The van der Waals surface area contributed by atoms with Gasteiger partial charge in [0.25, 0.3) is 5.91 Å². The van der Waals surface area contributed by atoms with Crippen LogP contribution < -0.4 is 5.32 Å². The van der Waals surface area contributed by atoms with Gasteiger partial charge in [-0.15, -0.1) is 11.3 Å². The van der Waals surface area contributed by atoms with E-state index in [1.807, 2.05) is 48.9 Å². The molecule has 1 N–H and O–H groups in total. The lowest BCUT2D eigenvalue weighted by Gasteiger charge is -2.14. The Bertz CT molecular complexity index is 1390. The van der Waals surface area contributed by atoms with Crippen LogP contribution in [0.2, 0.25) is 5.02 Å². The van der Waals surface area contributed by atoms with Crippen molar-refractivity contribution in [2.24, 2.45) is 0 Å². The molecule has 4 aromatic rings. The molecule has 0 aliphatic rings. The van der Waals surface area contributed by atoms with Gasteiger partial charge in [0.15, 0.2) is 9.84 Å². The number of halogens is 1. The third-order valence-corrected chi connectivity index (χ3v) is 7.76. The van der Waals surface area contributed by atoms with Gasteiger partial charge in [0.2, 0.25) is 0 Å². The van der Waals surface area contributed by atoms with Gasteiger partial charge in [-0.25, -0.2) is 8.42 Å². The van der Waals surface area contributed by atoms with E-state index in [0.29, 0.717) is 16.4 Å². The zero-order valence-electron chi connectivity index (χ0n) is 17.8. The number of aryl methyl sites for hydroxylation is 1. The smallest absolute Gasteiger partial charge is 0.261 e. The summed E-state index contributed by atoms with van der Waals surface area (Å²) in [7, 11) is -3.25. The van der Waals surface area contributed by atoms with E-state index in [0.717, 1.165) is 27.0 Å². The van der Waals surface area contributed by atoms with Gasteiger partial charge in [-0.2, -0.15) is 5.10 Å². The molecule has 2 aromatic heterocycles. The maximum absolute atomic E-state index is 12.9. The van der Waals surface area contributed by atoms with Crippen molar-refractivity contribution < 1.29 is 13.2 Å². The first-order valence-corrected chi connectivity index (χ1v) is 13.0. The number of benzene rings is 2. The molecule has 32 heavy (non-hydrogen) atoms. The highest BCUT2D eigenvalue weighted by Crippen LogP contribution is 2.29. The third kappa shape index (κ3) is 4.72. The number of hydrogen-bond donors (Lipinski definition) is 1. The Labute approximate surface area is 195 Å². The Balaban J connectivity index is 1.53. The normalized spacial score (nSPS) is 12.8. The van der Waals surface area contributed by atoms with Gasteiger partial charge in [-0.05, 0) is 55.3 Å². The molecule has 0 aliphatic heterocycles. The summed E-state index contributed by atoms with van der Waals surface area (Å²) < 4.78 is 25.2. The van der Waals surface area contributed by atoms with Crippen LogP contribution in [-0.4, -0.2) is 30.4 Å². The second-order valence-corrected chi connectivity index (χ2v) is 11.2. The highest BCUT2D eigenvalue weighted by atomic mass is 35.5. The molecule has 0 fully saturated rings. The lowest BCUT2D eigenvalue weighted by molar-refractivity contribution is 0.0944. The molecule has 0 unspecified atom stereocenters. The van der Waals surface area contributed by atoms with Gasteiger partial charge in [0.1, 0.15) is 4.83 Å². The lowest BCUT2D eigenvalue weighted by atomic mass is 10.1. The van der Waals surface area contributed by atoms with Crippen molar-refractivity contribution in [2.75, 3.05) is 6.26 Å². The van der Waals surface area contributed by atoms with Gasteiger partial charge >= 0.3 is 0 Å². The van der Waals surface area contributed by atoms with Crippen molar-refractivity contribution in [1.29, 1.82) is 0 Å². The van der Waals surface area contributed by atoms with Crippen molar-refractivity contribution in [3.8, 4) is 0 Å². The standard InChI is InChI=1S/C23H22ClN3O3S2/c1-14(17-6-10-19(11-7-17)32(3,29)30)25-22(28)21-12-20-15(2)26-27(23(20)31-21)13-16-4-8-18(24)9-5-16/h4-12,14H,13H2,1-3H3,(H,25,28)/t14-/m1/s1. The third-order valence-electron chi connectivity index (χ3n) is 5.23. The van der Waals surface area contributed by atoms with E-state index in [1.54, 1.807) is 24.3 Å². The lowest BCUT2D eigenvalue weighted by Crippen LogP contribution is -2.25. The fourth-order valence-electron chi connectivity index (χ4n) is 3.45. The summed E-state index contributed by atoms with van der Waals surface area (Å²) in [6.45, 7) is 4.39. The van der Waals surface area contributed by atoms with E-state index in [4.69, 9.17) is 11.6 Å². The molecule has 0 radical (unpaired) electrons. The second kappa shape index (κ2) is 8.69. The molecule has 1 atom stereocenters. The first-order valence-electron chi connectivity index (χ1n) is 9.94. The largest absolute Gasteiger partial charge is 0.345 e. The van der Waals surface area contributed by atoms with E-state index in [9.17, 15) is 13.2 Å². The molecule has 166 valence electrons. The van der Waals surface area contributed by atoms with Crippen molar-refractivity contribution in [3.05, 3.63) is 81.3 Å². The van der Waals surface area contributed by atoms with Crippen molar-refractivity contribution >= 4 is 48.9 Å². The molecule has 9 heteroatoms. The molecular formula is C23H22ClN3O3S2. The molecular weight excluding hydrogens is 466 g/mol. The van der Waals surface area contributed by atoms with E-state index in [1.165, 1.54) is 17.6 Å². The Morgan fingerprint density at radius 3 is 2.44 bits per heavy atom. The van der Waals surface area contributed by atoms with Crippen LogP contribution in [0.15, 0.2) is 59.5 Å². The highest BCUT2D eigenvalue weighted by Gasteiger charge is 2.19. The number of thiophene rings is 1. The average molecular weight is 488 g/mol. The number of nitrogens with one attached hydrogen (secondary N) is 1. The van der Waals surface area contributed by atoms with E-state index >= 15 is 0 Å². The summed E-state index contributed by atoms with van der Waals surface area (Å²) in [5.41, 5.74) is 2.77. The van der Waals surface area contributed by atoms with Gasteiger partial charge in [-0.1, -0.05) is 35.9 Å². The maximum atomic E-state index is 12.9. The Hall–Kier alpha value is -2.68. The molecule has 2 heterocycles. The molecule has 0 spiro atoms. The number of carbonyl (C=O) groups is 1. The van der Waals surface area contributed by atoms with E-state index in [2.05, 4.69) is 10.4 Å². The van der Waals surface area contributed by atoms with Crippen molar-refractivity contribution in [2.45, 2.75) is 31.3 Å². The van der Waals surface area contributed by atoms with Crippen molar-refractivity contribution in [3.63, 3.8) is 0 Å². The molecule has 0 saturated carbocycles. The molecule has 0 aliphatic carbocycles. The minimum Gasteiger partial charge on any atom is -0.345 e. The number of hydrogen-bond acceptors (Lipinski definition) is 5. The molecule has 1 amide bonds. The number of aromatic nitrogens is 2. The number of sulfone groups is 1. The fraction of sp³-hybridized carbons (Fsp3) is 0.217. The molecule has 0 saturated heterocycles. The summed E-state index contributed by atoms with van der Waals surface area (Å²) in [6, 6.07) is 15.8. The monoisotopic (exact) mass is 487 g/mol. The summed E-state index contributed by atoms with van der Waals surface area (Å²) in [5, 5.41) is 9.26. The van der Waals surface area contributed by atoms with Gasteiger partial charge in [-0.3, -0.25) is 9.48 Å². The molecule has 0 bridgehead atoms. The van der Waals surface area contributed by atoms with Crippen LogP contribution in [0.1, 0.15) is 39.5 Å². The van der Waals surface area contributed by atoms with Crippen LogP contribution in [0.4, 0.5) is 0 Å². The molecule has 2 aromatic carbocycles. The van der Waals surface area contributed by atoms with Gasteiger partial charge < -0.3 is 5.32 Å². The van der Waals surface area contributed by atoms with Crippen LogP contribution in [0, 0.1) is 6.92 Å². The first-order chi connectivity index (χ1) is 15.1. The molecule has 6 nitrogen and oxygen atoms in total. The average Bonchev–Trinajstić information content (AvgIpc) is 3.30. The minimum atomic E-state index is -3.25. The predicted octanol–water partition coefficient (Wildman–Crippen LogP) is 5.00. The first kappa shape index (κ1) is 22.5. The van der Waals surface area contributed by atoms with Crippen LogP contribution in [0.3, 0.4) is 0 Å². The van der Waals surface area contributed by atoms with E-state index < -0.39 is 9.84 Å². The predicted molar refractivity (Wildman–Crippen MR) is 128 cm³/mol. The van der Waals surface area contributed by atoms with Gasteiger partial charge in [0.05, 0.1) is 28.1 Å². The number of rotatable bonds is 6. The van der Waals surface area contributed by atoms with Crippen molar-refractivity contribution in [1.82, 2.24) is 15.1 Å². The van der Waals surface area contributed by atoms with Crippen LogP contribution in [0.25, 0.3) is 10.2 Å². The Kier molecular flexibility index (Phi) is 6.11. The van der Waals surface area contributed by atoms with Gasteiger partial charge in [0, 0.05) is 16.7 Å². The Morgan fingerprint density at radius 2 is 1.81 bits per heavy atom. The summed E-state index contributed by atoms with van der Waals surface area (Å²) in [5.74, 6) is -0.177. The minimum absolute atomic E-state index is 0.177. The zero-order chi connectivity index (χ0) is 23.0. The summed E-state index contributed by atoms with van der Waals surface area (Å²) in [6.07, 6.45) is 1.17. The van der Waals surface area contributed by atoms with Crippen LogP contribution in [0.5, 0.6) is 0 Å². The topological polar surface area (TPSA) is 81.1 Å². The number of fused-ring (bicyclic) bond motifs is 1. The van der Waals surface area contributed by atoms with Crippen LogP contribution >= 0.6 is 22.9 Å². The number of nitrogens with zero attached hydrogens (tertiary/aromatic N) is 2. The Morgan fingerprint density at radius 1 is 1.16 bits per heavy atom.